The van der Waals surface area contributed by atoms with Gasteiger partial charge >= 0.3 is 5.97 Å². The fourth-order valence-corrected chi connectivity index (χ4v) is 4.12. The van der Waals surface area contributed by atoms with Gasteiger partial charge in [0, 0.05) is 31.0 Å². The Morgan fingerprint density at radius 2 is 1.59 bits per heavy atom. The zero-order valence-corrected chi connectivity index (χ0v) is 22.4. The molecule has 196 valence electrons. The zero-order valence-electron chi connectivity index (χ0n) is 20.9. The highest BCUT2D eigenvalue weighted by molar-refractivity contribution is 6.36. The number of nitrogens with one attached hydrogen (secondary N) is 1. The van der Waals surface area contributed by atoms with Gasteiger partial charge in [0.15, 0.2) is 0 Å². The van der Waals surface area contributed by atoms with E-state index in [4.69, 9.17) is 32.7 Å². The van der Waals surface area contributed by atoms with Gasteiger partial charge in [0.05, 0.1) is 22.8 Å². The summed E-state index contributed by atoms with van der Waals surface area (Å²) in [6.07, 6.45) is 15.7. The Morgan fingerprint density at radius 1 is 0.892 bits per heavy atom. The topological polar surface area (TPSA) is 67.9 Å². The number of hydrogen-bond acceptors (Lipinski definition) is 5. The Morgan fingerprint density at radius 3 is 2.35 bits per heavy atom. The van der Waals surface area contributed by atoms with Crippen LogP contribution in [-0.4, -0.2) is 37.0 Å². The molecule has 3 rings (SSSR count). The van der Waals surface area contributed by atoms with Gasteiger partial charge in [-0.25, -0.2) is 4.79 Å². The molecule has 0 saturated heterocycles. The minimum Gasteiger partial charge on any atom is -0.494 e. The third-order valence-corrected chi connectivity index (χ3v) is 6.17. The van der Waals surface area contributed by atoms with Gasteiger partial charge in [-0.05, 0) is 67.5 Å². The summed E-state index contributed by atoms with van der Waals surface area (Å²) in [6.45, 7) is 1.31. The number of carbonyl (C=O) groups excluding carboxylic acids is 2. The molecule has 2 aromatic carbocycles. The third kappa shape index (κ3) is 9.98. The number of amides is 1. The van der Waals surface area contributed by atoms with Crippen LogP contribution in [0.4, 0.5) is 0 Å². The van der Waals surface area contributed by atoms with Crippen molar-refractivity contribution >= 4 is 35.1 Å². The molecule has 0 atom stereocenters. The first-order chi connectivity index (χ1) is 17.9. The summed E-state index contributed by atoms with van der Waals surface area (Å²) in [5, 5.41) is 3.69. The van der Waals surface area contributed by atoms with Crippen molar-refractivity contribution in [1.82, 2.24) is 10.2 Å². The lowest BCUT2D eigenvalue weighted by atomic mass is 10.1. The van der Waals surface area contributed by atoms with Crippen molar-refractivity contribution in [3.63, 3.8) is 0 Å². The first-order valence-electron chi connectivity index (χ1n) is 12.4. The molecule has 1 aliphatic rings. The normalized spacial score (nSPS) is 12.6. The zero-order chi connectivity index (χ0) is 26.5. The highest BCUT2D eigenvalue weighted by Crippen LogP contribution is 2.24. The van der Waals surface area contributed by atoms with Crippen molar-refractivity contribution in [2.24, 2.45) is 0 Å². The number of esters is 1. The lowest BCUT2D eigenvalue weighted by Gasteiger charge is -2.10. The van der Waals surface area contributed by atoms with Gasteiger partial charge in [-0.2, -0.15) is 0 Å². The van der Waals surface area contributed by atoms with E-state index in [2.05, 4.69) is 5.32 Å². The van der Waals surface area contributed by atoms with E-state index in [0.29, 0.717) is 29.5 Å². The van der Waals surface area contributed by atoms with E-state index < -0.39 is 5.97 Å². The molecular formula is C29H32Cl2N2O4. The average Bonchev–Trinajstić information content (AvgIpc) is 3.10. The van der Waals surface area contributed by atoms with E-state index in [1.54, 1.807) is 30.3 Å². The fourth-order valence-electron chi connectivity index (χ4n) is 3.63. The Labute approximate surface area is 228 Å². The largest absolute Gasteiger partial charge is 0.494 e. The maximum Gasteiger partial charge on any atom is 0.345 e. The molecule has 0 unspecified atom stereocenters. The number of benzene rings is 2. The van der Waals surface area contributed by atoms with Crippen LogP contribution in [0.25, 0.3) is 0 Å². The number of nitrogens with zero attached hydrogens (tertiary/aromatic N) is 1. The predicted molar refractivity (Wildman–Crippen MR) is 148 cm³/mol. The van der Waals surface area contributed by atoms with Crippen molar-refractivity contribution in [1.29, 1.82) is 0 Å². The van der Waals surface area contributed by atoms with Crippen LogP contribution in [0.5, 0.6) is 11.5 Å². The maximum atomic E-state index is 12.3. The molecule has 6 nitrogen and oxygen atoms in total. The smallest absolute Gasteiger partial charge is 0.345 e. The van der Waals surface area contributed by atoms with E-state index in [1.807, 2.05) is 42.6 Å². The Balaban J connectivity index is 1.22. The second-order valence-corrected chi connectivity index (χ2v) is 9.50. The minimum absolute atomic E-state index is 0.0407. The van der Waals surface area contributed by atoms with Crippen molar-refractivity contribution in [2.45, 2.75) is 38.5 Å². The van der Waals surface area contributed by atoms with Crippen LogP contribution >= 0.6 is 23.2 Å². The number of ether oxygens (including phenoxy) is 2. The van der Waals surface area contributed by atoms with Crippen LogP contribution in [0.2, 0.25) is 10.0 Å². The molecule has 0 aromatic heterocycles. The maximum absolute atomic E-state index is 12.3. The summed E-state index contributed by atoms with van der Waals surface area (Å²) in [6, 6.07) is 11.6. The molecular weight excluding hydrogens is 511 g/mol. The number of rotatable bonds is 13. The van der Waals surface area contributed by atoms with Crippen LogP contribution in [0.15, 0.2) is 78.7 Å². The van der Waals surface area contributed by atoms with Crippen LogP contribution in [0.1, 0.15) is 48.9 Å². The van der Waals surface area contributed by atoms with Gasteiger partial charge in [0.2, 0.25) is 0 Å². The van der Waals surface area contributed by atoms with E-state index >= 15 is 0 Å². The highest BCUT2D eigenvalue weighted by Gasteiger charge is 2.13. The van der Waals surface area contributed by atoms with Crippen LogP contribution in [-0.2, 0) is 4.79 Å². The number of allylic oxidation sites excluding steroid dienone is 2. The molecule has 1 heterocycles. The SMILES string of the molecule is CN1C=CC=CC(C(=O)NCCCCCCCCOc2ccc(OC(=O)c3ccc(Cl)cc3Cl)cc2)=C1. The lowest BCUT2D eigenvalue weighted by Crippen LogP contribution is -2.26. The number of halogens is 2. The number of unbranched alkanes of at least 4 members (excludes halogenated alkanes) is 5. The molecule has 1 N–H and O–H groups in total. The van der Waals surface area contributed by atoms with Gasteiger partial charge < -0.3 is 19.7 Å². The van der Waals surface area contributed by atoms with Gasteiger partial charge in [-0.1, -0.05) is 55.0 Å². The Kier molecular flexibility index (Phi) is 11.6. The molecule has 0 radical (unpaired) electrons. The third-order valence-electron chi connectivity index (χ3n) is 5.62. The van der Waals surface area contributed by atoms with E-state index in [1.165, 1.54) is 12.1 Å². The standard InChI is InChI=1S/C29H32Cl2N2O4/c1-33-18-8-6-10-22(21-33)28(34)32-17-7-4-2-3-5-9-19-36-24-12-14-25(15-13-24)37-29(35)26-16-11-23(30)20-27(26)31/h6,8,10-16,18,20-21H,2-5,7,9,17,19H2,1H3,(H,32,34). The quantitative estimate of drug-likeness (QED) is 0.168. The summed E-state index contributed by atoms with van der Waals surface area (Å²) in [5.74, 6) is 0.547. The summed E-state index contributed by atoms with van der Waals surface area (Å²) in [4.78, 5) is 26.4. The van der Waals surface area contributed by atoms with Crippen LogP contribution < -0.4 is 14.8 Å². The first kappa shape index (κ1) is 28.4. The van der Waals surface area contributed by atoms with Gasteiger partial charge in [-0.3, -0.25) is 4.79 Å². The number of carbonyl (C=O) groups is 2. The summed E-state index contributed by atoms with van der Waals surface area (Å²) >= 11 is 11.9. The van der Waals surface area contributed by atoms with E-state index in [9.17, 15) is 9.59 Å². The predicted octanol–water partition coefficient (Wildman–Crippen LogP) is 6.95. The Bertz CT molecular complexity index is 1140. The second-order valence-electron chi connectivity index (χ2n) is 8.66. The molecule has 0 bridgehead atoms. The molecule has 1 aliphatic heterocycles. The summed E-state index contributed by atoms with van der Waals surface area (Å²) < 4.78 is 11.2. The van der Waals surface area contributed by atoms with Gasteiger partial charge in [0.1, 0.15) is 11.5 Å². The highest BCUT2D eigenvalue weighted by atomic mass is 35.5. The van der Waals surface area contributed by atoms with Crippen molar-refractivity contribution in [3.8, 4) is 11.5 Å². The van der Waals surface area contributed by atoms with Crippen molar-refractivity contribution in [2.75, 3.05) is 20.2 Å². The molecule has 37 heavy (non-hydrogen) atoms. The fraction of sp³-hybridized carbons (Fsp3) is 0.310. The molecule has 0 spiro atoms. The molecule has 2 aromatic rings. The molecule has 8 heteroatoms. The van der Waals surface area contributed by atoms with Crippen LogP contribution in [0, 0.1) is 0 Å². The first-order valence-corrected chi connectivity index (χ1v) is 13.1. The number of hydrogen-bond donors (Lipinski definition) is 1. The Hall–Kier alpha value is -3.22. The molecule has 1 amide bonds. The lowest BCUT2D eigenvalue weighted by molar-refractivity contribution is -0.117. The molecule has 0 saturated carbocycles. The molecule has 0 aliphatic carbocycles. The van der Waals surface area contributed by atoms with Crippen LogP contribution in [0.3, 0.4) is 0 Å². The average molecular weight is 543 g/mol. The van der Waals surface area contributed by atoms with Crippen molar-refractivity contribution < 1.29 is 19.1 Å². The second kappa shape index (κ2) is 15.1. The molecule has 0 fully saturated rings. The summed E-state index contributed by atoms with van der Waals surface area (Å²) in [7, 11) is 1.90. The van der Waals surface area contributed by atoms with Gasteiger partial charge in [0.25, 0.3) is 5.91 Å². The minimum atomic E-state index is -0.544. The van der Waals surface area contributed by atoms with Crippen molar-refractivity contribution in [3.05, 3.63) is 94.3 Å². The van der Waals surface area contributed by atoms with Gasteiger partial charge in [-0.15, -0.1) is 0 Å². The van der Waals surface area contributed by atoms with E-state index in [0.717, 1.165) is 44.3 Å². The monoisotopic (exact) mass is 542 g/mol. The van der Waals surface area contributed by atoms with E-state index in [-0.39, 0.29) is 16.5 Å². The summed E-state index contributed by atoms with van der Waals surface area (Å²) in [5.41, 5.74) is 0.915.